The lowest BCUT2D eigenvalue weighted by Gasteiger charge is -2.41. The summed E-state index contributed by atoms with van der Waals surface area (Å²) in [6.45, 7) is 7.02. The maximum Gasteiger partial charge on any atom is 0.407 e. The minimum atomic E-state index is -0.897. The topological polar surface area (TPSA) is 90.9 Å². The third-order valence-electron chi connectivity index (χ3n) is 6.10. The monoisotopic (exact) mass is 453 g/mol. The fourth-order valence-corrected chi connectivity index (χ4v) is 4.32. The summed E-state index contributed by atoms with van der Waals surface area (Å²) in [6.07, 6.45) is 3.20. The van der Waals surface area contributed by atoms with E-state index >= 15 is 0 Å². The van der Waals surface area contributed by atoms with Gasteiger partial charge < -0.3 is 25.4 Å². The zero-order chi connectivity index (χ0) is 23.9. The number of para-hydroxylation sites is 1. The number of nitrogens with zero attached hydrogens (tertiary/aromatic N) is 1. The molecule has 2 amide bonds. The molecule has 7 heteroatoms. The number of nitrogens with one attached hydrogen (secondary N) is 2. The van der Waals surface area contributed by atoms with E-state index in [0.29, 0.717) is 24.5 Å². The first-order chi connectivity index (χ1) is 15.7. The van der Waals surface area contributed by atoms with Crippen molar-refractivity contribution in [1.29, 1.82) is 0 Å². The molecule has 2 aromatic carbocycles. The van der Waals surface area contributed by atoms with Gasteiger partial charge in [-0.3, -0.25) is 4.79 Å². The SMILES string of the molecule is CC(C)(C)N(CC1(CNCC(=O)Nc2ccc(Oc3ccccc3)cc2)CCCC1)C(=O)O. The molecule has 3 rings (SSSR count). The lowest BCUT2D eigenvalue weighted by Crippen LogP contribution is -2.52. The molecule has 33 heavy (non-hydrogen) atoms. The summed E-state index contributed by atoms with van der Waals surface area (Å²) in [5.41, 5.74) is 0.0972. The molecular weight excluding hydrogens is 418 g/mol. The molecule has 7 nitrogen and oxygen atoms in total. The number of ether oxygens (including phenoxy) is 1. The minimum Gasteiger partial charge on any atom is -0.465 e. The van der Waals surface area contributed by atoms with E-state index in [9.17, 15) is 14.7 Å². The highest BCUT2D eigenvalue weighted by atomic mass is 16.5. The third kappa shape index (κ3) is 7.22. The van der Waals surface area contributed by atoms with E-state index < -0.39 is 11.6 Å². The summed E-state index contributed by atoms with van der Waals surface area (Å²) in [5.74, 6) is 1.32. The first-order valence-corrected chi connectivity index (χ1v) is 11.5. The van der Waals surface area contributed by atoms with Crippen molar-refractivity contribution in [2.75, 3.05) is 25.0 Å². The lowest BCUT2D eigenvalue weighted by atomic mass is 9.84. The highest BCUT2D eigenvalue weighted by Crippen LogP contribution is 2.39. The van der Waals surface area contributed by atoms with E-state index in [2.05, 4.69) is 10.6 Å². The van der Waals surface area contributed by atoms with E-state index in [-0.39, 0.29) is 17.9 Å². The third-order valence-corrected chi connectivity index (χ3v) is 6.10. The van der Waals surface area contributed by atoms with Gasteiger partial charge in [0, 0.05) is 29.7 Å². The molecule has 0 heterocycles. The van der Waals surface area contributed by atoms with E-state index in [0.717, 1.165) is 31.4 Å². The first kappa shape index (κ1) is 24.6. The summed E-state index contributed by atoms with van der Waals surface area (Å²) >= 11 is 0. The van der Waals surface area contributed by atoms with E-state index in [4.69, 9.17) is 4.74 Å². The Morgan fingerprint density at radius 1 is 1.00 bits per heavy atom. The van der Waals surface area contributed by atoms with Crippen molar-refractivity contribution in [2.24, 2.45) is 5.41 Å². The van der Waals surface area contributed by atoms with Crippen LogP contribution in [0.4, 0.5) is 10.5 Å². The Balaban J connectivity index is 1.50. The number of benzene rings is 2. The van der Waals surface area contributed by atoms with Gasteiger partial charge in [0.25, 0.3) is 0 Å². The number of carbonyl (C=O) groups excluding carboxylic acids is 1. The average Bonchev–Trinajstić information content (AvgIpc) is 3.22. The summed E-state index contributed by atoms with van der Waals surface area (Å²) in [7, 11) is 0. The van der Waals surface area contributed by atoms with Crippen LogP contribution >= 0.6 is 0 Å². The standard InChI is InChI=1S/C26H35N3O4/c1-25(2,3)29(24(31)32)19-26(15-7-8-16-26)18-27-17-23(30)28-20-11-13-22(14-12-20)33-21-9-5-4-6-10-21/h4-6,9-14,27H,7-8,15-19H2,1-3H3,(H,28,30)(H,31,32). The second kappa shape index (κ2) is 10.7. The van der Waals surface area contributed by atoms with Gasteiger partial charge in [-0.1, -0.05) is 31.0 Å². The van der Waals surface area contributed by atoms with Gasteiger partial charge in [-0.05, 0) is 70.0 Å². The second-order valence-electron chi connectivity index (χ2n) is 9.84. The van der Waals surface area contributed by atoms with E-state index in [1.807, 2.05) is 75.4 Å². The minimum absolute atomic E-state index is 0.134. The van der Waals surface area contributed by atoms with Crippen molar-refractivity contribution in [3.8, 4) is 11.5 Å². The van der Waals surface area contributed by atoms with Gasteiger partial charge in [-0.2, -0.15) is 0 Å². The van der Waals surface area contributed by atoms with Gasteiger partial charge >= 0.3 is 6.09 Å². The van der Waals surface area contributed by atoms with Crippen molar-refractivity contribution in [3.05, 3.63) is 54.6 Å². The van der Waals surface area contributed by atoms with Gasteiger partial charge in [-0.15, -0.1) is 0 Å². The lowest BCUT2D eigenvalue weighted by molar-refractivity contribution is -0.115. The van der Waals surface area contributed by atoms with Crippen LogP contribution in [-0.2, 0) is 4.79 Å². The Morgan fingerprint density at radius 3 is 2.18 bits per heavy atom. The molecule has 0 bridgehead atoms. The molecule has 0 unspecified atom stereocenters. The van der Waals surface area contributed by atoms with Crippen molar-refractivity contribution in [2.45, 2.75) is 52.0 Å². The molecule has 1 fully saturated rings. The number of anilines is 1. The normalized spacial score (nSPS) is 15.1. The zero-order valence-corrected chi connectivity index (χ0v) is 19.8. The largest absolute Gasteiger partial charge is 0.465 e. The number of hydrogen-bond acceptors (Lipinski definition) is 4. The number of carboxylic acid groups (broad SMARTS) is 1. The average molecular weight is 454 g/mol. The smallest absolute Gasteiger partial charge is 0.407 e. The maximum absolute atomic E-state index is 12.4. The number of carbonyl (C=O) groups is 2. The van der Waals surface area contributed by atoms with Crippen LogP contribution in [0.15, 0.2) is 54.6 Å². The van der Waals surface area contributed by atoms with Crippen LogP contribution in [-0.4, -0.2) is 47.2 Å². The second-order valence-corrected chi connectivity index (χ2v) is 9.84. The molecule has 2 aromatic rings. The summed E-state index contributed by atoms with van der Waals surface area (Å²) in [5, 5.41) is 15.9. The van der Waals surface area contributed by atoms with Crippen LogP contribution in [0, 0.1) is 5.41 Å². The number of amides is 2. The van der Waals surface area contributed by atoms with Crippen LogP contribution in [0.25, 0.3) is 0 Å². The number of rotatable bonds is 9. The van der Waals surface area contributed by atoms with E-state index in [1.54, 1.807) is 0 Å². The van der Waals surface area contributed by atoms with Crippen molar-refractivity contribution in [3.63, 3.8) is 0 Å². The molecule has 1 saturated carbocycles. The molecule has 1 aliphatic carbocycles. The Labute approximate surface area is 196 Å². The zero-order valence-electron chi connectivity index (χ0n) is 19.8. The van der Waals surface area contributed by atoms with Gasteiger partial charge in [0.15, 0.2) is 0 Å². The van der Waals surface area contributed by atoms with Crippen LogP contribution in [0.1, 0.15) is 46.5 Å². The molecule has 0 radical (unpaired) electrons. The van der Waals surface area contributed by atoms with Gasteiger partial charge in [0.1, 0.15) is 11.5 Å². The predicted molar refractivity (Wildman–Crippen MR) is 130 cm³/mol. The Morgan fingerprint density at radius 2 is 1.61 bits per heavy atom. The predicted octanol–water partition coefficient (Wildman–Crippen LogP) is 5.35. The molecule has 0 saturated heterocycles. The van der Waals surface area contributed by atoms with Crippen LogP contribution in [0.5, 0.6) is 11.5 Å². The maximum atomic E-state index is 12.4. The summed E-state index contributed by atoms with van der Waals surface area (Å²) in [4.78, 5) is 25.8. The Bertz CT molecular complexity index is 917. The molecule has 0 atom stereocenters. The highest BCUT2D eigenvalue weighted by molar-refractivity contribution is 5.92. The van der Waals surface area contributed by atoms with Crippen LogP contribution in [0.2, 0.25) is 0 Å². The van der Waals surface area contributed by atoms with Crippen molar-refractivity contribution < 1.29 is 19.4 Å². The van der Waals surface area contributed by atoms with Crippen LogP contribution < -0.4 is 15.4 Å². The van der Waals surface area contributed by atoms with Gasteiger partial charge in [0.2, 0.25) is 5.91 Å². The molecule has 1 aliphatic rings. The molecule has 0 aromatic heterocycles. The Kier molecular flexibility index (Phi) is 7.97. The van der Waals surface area contributed by atoms with Crippen molar-refractivity contribution in [1.82, 2.24) is 10.2 Å². The molecule has 178 valence electrons. The summed E-state index contributed by atoms with van der Waals surface area (Å²) in [6, 6.07) is 16.8. The highest BCUT2D eigenvalue weighted by Gasteiger charge is 2.39. The Hall–Kier alpha value is -3.06. The van der Waals surface area contributed by atoms with Crippen LogP contribution in [0.3, 0.4) is 0 Å². The van der Waals surface area contributed by atoms with Gasteiger partial charge in [0.05, 0.1) is 6.54 Å². The molecule has 0 aliphatic heterocycles. The van der Waals surface area contributed by atoms with Gasteiger partial charge in [-0.25, -0.2) is 4.79 Å². The summed E-state index contributed by atoms with van der Waals surface area (Å²) < 4.78 is 5.77. The fourth-order valence-electron chi connectivity index (χ4n) is 4.32. The number of hydrogen-bond donors (Lipinski definition) is 3. The fraction of sp³-hybridized carbons (Fsp3) is 0.462. The molecule has 3 N–H and O–H groups in total. The molecular formula is C26H35N3O4. The van der Waals surface area contributed by atoms with E-state index in [1.165, 1.54) is 4.90 Å². The first-order valence-electron chi connectivity index (χ1n) is 11.5. The molecule has 0 spiro atoms. The quantitative estimate of drug-likeness (QED) is 0.476. The van der Waals surface area contributed by atoms with Crippen molar-refractivity contribution >= 4 is 17.7 Å².